The third-order valence-electron chi connectivity index (χ3n) is 3.57. The highest BCUT2D eigenvalue weighted by atomic mass is 19.1. The van der Waals surface area contributed by atoms with Crippen LogP contribution in [0.5, 0.6) is 0 Å². The van der Waals surface area contributed by atoms with E-state index in [0.717, 1.165) is 0 Å². The summed E-state index contributed by atoms with van der Waals surface area (Å²) in [5.74, 6) is -2.40. The van der Waals surface area contributed by atoms with E-state index in [1.165, 1.54) is 31.2 Å². The van der Waals surface area contributed by atoms with Crippen molar-refractivity contribution in [3.05, 3.63) is 58.2 Å². The molecule has 0 amide bonds. The molecule has 1 atom stereocenters. The molecule has 1 aromatic carbocycles. The Kier molecular flexibility index (Phi) is 3.93. The van der Waals surface area contributed by atoms with Crippen LogP contribution in [0, 0.1) is 5.82 Å². The van der Waals surface area contributed by atoms with Gasteiger partial charge in [0.15, 0.2) is 5.78 Å². The first-order valence-corrected chi connectivity index (χ1v) is 6.51. The van der Waals surface area contributed by atoms with E-state index >= 15 is 0 Å². The van der Waals surface area contributed by atoms with E-state index in [4.69, 9.17) is 0 Å². The molecule has 1 aliphatic heterocycles. The highest BCUT2D eigenvalue weighted by Gasteiger charge is 2.34. The van der Waals surface area contributed by atoms with Crippen molar-refractivity contribution in [2.24, 2.45) is 0 Å². The molecule has 0 fully saturated rings. The summed E-state index contributed by atoms with van der Waals surface area (Å²) in [5, 5.41) is 12.4. The zero-order valence-electron chi connectivity index (χ0n) is 12.0. The highest BCUT2D eigenvalue weighted by Crippen LogP contribution is 2.38. The van der Waals surface area contributed by atoms with Crippen molar-refractivity contribution in [1.82, 2.24) is 5.32 Å². The lowest BCUT2D eigenvalue weighted by molar-refractivity contribution is -0.133. The van der Waals surface area contributed by atoms with Gasteiger partial charge in [0.05, 0.1) is 5.57 Å². The number of hydrogen-bond acceptors (Lipinski definition) is 3. The number of rotatable bonds is 3. The maximum atomic E-state index is 13.1. The Hall–Kier alpha value is -2.43. The van der Waals surface area contributed by atoms with Crippen molar-refractivity contribution in [2.45, 2.75) is 26.7 Å². The summed E-state index contributed by atoms with van der Waals surface area (Å²) in [6, 6.07) is 5.55. The summed E-state index contributed by atoms with van der Waals surface area (Å²) in [5.41, 5.74) is 2.19. The Morgan fingerprint density at radius 2 is 1.62 bits per heavy atom. The standard InChI is InChI=1S/C16H16FNO3/c1-8-13(10(3)19)15(11-4-6-12(17)7-5-11)14(16(20)21)9(2)18-8/h4-7,15,18H,1-3H3,(H,20,21)/t15-/m1/s1. The van der Waals surface area contributed by atoms with E-state index in [0.29, 0.717) is 22.5 Å². The minimum absolute atomic E-state index is 0.109. The summed E-state index contributed by atoms with van der Waals surface area (Å²) in [6.07, 6.45) is 0. The van der Waals surface area contributed by atoms with Crippen LogP contribution >= 0.6 is 0 Å². The predicted molar refractivity (Wildman–Crippen MR) is 76.0 cm³/mol. The number of nitrogens with one attached hydrogen (secondary N) is 1. The molecular weight excluding hydrogens is 273 g/mol. The number of carbonyl (C=O) groups is 2. The number of halogens is 1. The topological polar surface area (TPSA) is 66.4 Å². The van der Waals surface area contributed by atoms with Crippen LogP contribution in [-0.4, -0.2) is 16.9 Å². The van der Waals surface area contributed by atoms with E-state index in [1.54, 1.807) is 13.8 Å². The maximum Gasteiger partial charge on any atom is 0.334 e. The van der Waals surface area contributed by atoms with Crippen LogP contribution in [0.1, 0.15) is 32.3 Å². The van der Waals surface area contributed by atoms with Gasteiger partial charge in [0.25, 0.3) is 0 Å². The van der Waals surface area contributed by atoms with Crippen LogP contribution in [0.15, 0.2) is 46.8 Å². The van der Waals surface area contributed by atoms with Gasteiger partial charge in [-0.15, -0.1) is 0 Å². The number of carboxylic acids is 1. The predicted octanol–water partition coefficient (Wildman–Crippen LogP) is 2.73. The van der Waals surface area contributed by atoms with Crippen molar-refractivity contribution in [1.29, 1.82) is 0 Å². The number of carboxylic acid groups (broad SMARTS) is 1. The van der Waals surface area contributed by atoms with Crippen molar-refractivity contribution >= 4 is 11.8 Å². The molecular formula is C16H16FNO3. The molecule has 2 N–H and O–H groups in total. The van der Waals surface area contributed by atoms with E-state index in [9.17, 15) is 19.1 Å². The van der Waals surface area contributed by atoms with Gasteiger partial charge in [-0.1, -0.05) is 12.1 Å². The smallest absolute Gasteiger partial charge is 0.334 e. The molecule has 0 bridgehead atoms. The molecule has 0 aliphatic carbocycles. The Bertz CT molecular complexity index is 635. The van der Waals surface area contributed by atoms with Gasteiger partial charge >= 0.3 is 5.97 Å². The quantitative estimate of drug-likeness (QED) is 0.898. The molecule has 1 aromatic rings. The number of benzene rings is 1. The molecule has 1 heterocycles. The Morgan fingerprint density at radius 1 is 1.10 bits per heavy atom. The number of allylic oxidation sites excluding steroid dienone is 3. The summed E-state index contributed by atoms with van der Waals surface area (Å²) in [4.78, 5) is 23.5. The zero-order valence-corrected chi connectivity index (χ0v) is 12.0. The van der Waals surface area contributed by atoms with E-state index in [2.05, 4.69) is 5.32 Å². The zero-order chi connectivity index (χ0) is 15.7. The van der Waals surface area contributed by atoms with Gasteiger partial charge in [-0.3, -0.25) is 4.79 Å². The fourth-order valence-electron chi connectivity index (χ4n) is 2.73. The molecule has 0 unspecified atom stereocenters. The maximum absolute atomic E-state index is 13.1. The van der Waals surface area contributed by atoms with E-state index in [-0.39, 0.29) is 11.4 Å². The van der Waals surface area contributed by atoms with E-state index in [1.807, 2.05) is 0 Å². The monoisotopic (exact) mass is 289 g/mol. The summed E-state index contributed by atoms with van der Waals surface area (Å²) in [6.45, 7) is 4.78. The second-order valence-corrected chi connectivity index (χ2v) is 5.05. The van der Waals surface area contributed by atoms with Gasteiger partial charge in [0.1, 0.15) is 5.82 Å². The SMILES string of the molecule is CC(=O)C1=C(C)NC(C)=C(C(=O)O)[C@@H]1c1ccc(F)cc1. The van der Waals surface area contributed by atoms with Crippen LogP contribution < -0.4 is 5.32 Å². The van der Waals surface area contributed by atoms with Crippen LogP contribution in [0.25, 0.3) is 0 Å². The first-order valence-electron chi connectivity index (χ1n) is 6.51. The number of ketones is 1. The second kappa shape index (κ2) is 5.52. The number of dihydropyridines is 1. The van der Waals surface area contributed by atoms with Crippen LogP contribution in [0.2, 0.25) is 0 Å². The Morgan fingerprint density at radius 3 is 2.10 bits per heavy atom. The molecule has 110 valence electrons. The lowest BCUT2D eigenvalue weighted by Crippen LogP contribution is -2.30. The molecule has 0 aromatic heterocycles. The lowest BCUT2D eigenvalue weighted by Gasteiger charge is -2.29. The first-order chi connectivity index (χ1) is 9.82. The van der Waals surface area contributed by atoms with Crippen molar-refractivity contribution < 1.29 is 19.1 Å². The second-order valence-electron chi connectivity index (χ2n) is 5.05. The molecule has 0 radical (unpaired) electrons. The largest absolute Gasteiger partial charge is 0.478 e. The average molecular weight is 289 g/mol. The molecule has 0 spiro atoms. The van der Waals surface area contributed by atoms with Crippen molar-refractivity contribution in [3.8, 4) is 0 Å². The fraction of sp³-hybridized carbons (Fsp3) is 0.250. The Balaban J connectivity index is 2.67. The third-order valence-corrected chi connectivity index (χ3v) is 3.57. The minimum Gasteiger partial charge on any atom is -0.478 e. The van der Waals surface area contributed by atoms with Crippen LogP contribution in [-0.2, 0) is 9.59 Å². The molecule has 0 saturated carbocycles. The molecule has 0 saturated heterocycles. The molecule has 1 aliphatic rings. The third kappa shape index (κ3) is 2.72. The van der Waals surface area contributed by atoms with Crippen molar-refractivity contribution in [3.63, 3.8) is 0 Å². The molecule has 5 heteroatoms. The normalized spacial score (nSPS) is 18.6. The van der Waals surface area contributed by atoms with Crippen molar-refractivity contribution in [2.75, 3.05) is 0 Å². The summed E-state index contributed by atoms with van der Waals surface area (Å²) >= 11 is 0. The van der Waals surface area contributed by atoms with Gasteiger partial charge < -0.3 is 10.4 Å². The Labute approximate surface area is 122 Å². The van der Waals surface area contributed by atoms with Gasteiger partial charge in [0, 0.05) is 22.9 Å². The van der Waals surface area contributed by atoms with Crippen LogP contribution in [0.3, 0.4) is 0 Å². The van der Waals surface area contributed by atoms with Gasteiger partial charge in [-0.2, -0.15) is 0 Å². The van der Waals surface area contributed by atoms with Crippen LogP contribution in [0.4, 0.5) is 4.39 Å². The average Bonchev–Trinajstić information content (AvgIpc) is 2.37. The minimum atomic E-state index is -1.10. The number of Topliss-reactive ketones (excluding diaryl/α,β-unsaturated/α-hetero) is 1. The number of hydrogen-bond donors (Lipinski definition) is 2. The van der Waals surface area contributed by atoms with Gasteiger partial charge in [0.2, 0.25) is 0 Å². The molecule has 4 nitrogen and oxygen atoms in total. The molecule has 21 heavy (non-hydrogen) atoms. The fourth-order valence-corrected chi connectivity index (χ4v) is 2.73. The van der Waals surface area contributed by atoms with E-state index < -0.39 is 17.7 Å². The summed E-state index contributed by atoms with van der Waals surface area (Å²) in [7, 11) is 0. The molecule has 2 rings (SSSR count). The number of aliphatic carboxylic acids is 1. The van der Waals surface area contributed by atoms with Gasteiger partial charge in [-0.25, -0.2) is 9.18 Å². The highest BCUT2D eigenvalue weighted by molar-refractivity contribution is 6.01. The first kappa shape index (κ1) is 15.0. The summed E-state index contributed by atoms with van der Waals surface area (Å²) < 4.78 is 13.1. The lowest BCUT2D eigenvalue weighted by atomic mass is 9.79. The number of carbonyl (C=O) groups excluding carboxylic acids is 1. The van der Waals surface area contributed by atoms with Gasteiger partial charge in [-0.05, 0) is 38.5 Å².